The first-order valence-electron chi connectivity index (χ1n) is 4.01. The van der Waals surface area contributed by atoms with E-state index in [2.05, 4.69) is 16.9 Å². The summed E-state index contributed by atoms with van der Waals surface area (Å²) in [5.74, 6) is 0.557. The van der Waals surface area contributed by atoms with E-state index in [9.17, 15) is 0 Å². The van der Waals surface area contributed by atoms with Crippen molar-refractivity contribution in [1.82, 2.24) is 9.88 Å². The van der Waals surface area contributed by atoms with E-state index in [1.807, 2.05) is 0 Å². The fourth-order valence-corrected chi connectivity index (χ4v) is 2.70. The van der Waals surface area contributed by atoms with E-state index in [0.29, 0.717) is 5.88 Å². The van der Waals surface area contributed by atoms with E-state index in [4.69, 9.17) is 11.6 Å². The van der Waals surface area contributed by atoms with Gasteiger partial charge in [-0.1, -0.05) is 0 Å². The minimum atomic E-state index is 0. The van der Waals surface area contributed by atoms with Gasteiger partial charge in [0.2, 0.25) is 0 Å². The fraction of sp³-hybridized carbons (Fsp3) is 0.625. The van der Waals surface area contributed by atoms with Crippen LogP contribution in [0.2, 0.25) is 0 Å². The van der Waals surface area contributed by atoms with Crippen molar-refractivity contribution in [3.8, 4) is 0 Å². The molecule has 82 valence electrons. The number of hydrogen-bond acceptors (Lipinski definition) is 3. The van der Waals surface area contributed by atoms with Gasteiger partial charge in [-0.15, -0.1) is 47.8 Å². The van der Waals surface area contributed by atoms with Crippen LogP contribution in [0.1, 0.15) is 15.6 Å². The van der Waals surface area contributed by atoms with Crippen LogP contribution in [0.3, 0.4) is 0 Å². The summed E-state index contributed by atoms with van der Waals surface area (Å²) in [7, 11) is 2.14. The normalized spacial score (nSPS) is 15.3. The molecular formula is C8H13Cl3N2S. The summed E-state index contributed by atoms with van der Waals surface area (Å²) in [6.07, 6.45) is 1.08. The van der Waals surface area contributed by atoms with Crippen LogP contribution in [0.4, 0.5) is 0 Å². The molecular weight excluding hydrogens is 263 g/mol. The van der Waals surface area contributed by atoms with Crippen molar-refractivity contribution in [2.24, 2.45) is 0 Å². The third-order valence-corrected chi connectivity index (χ3v) is 3.57. The molecule has 6 heteroatoms. The summed E-state index contributed by atoms with van der Waals surface area (Å²) in [6, 6.07) is 0. The maximum absolute atomic E-state index is 5.72. The predicted octanol–water partition coefficient (Wildman–Crippen LogP) is 2.71. The van der Waals surface area contributed by atoms with Gasteiger partial charge in [-0.3, -0.25) is 0 Å². The molecule has 0 aliphatic carbocycles. The summed E-state index contributed by atoms with van der Waals surface area (Å²) in [5.41, 5.74) is 1.27. The SMILES string of the molecule is CN1CCc2nc(CCl)sc2C1.Cl.Cl. The predicted molar refractivity (Wildman–Crippen MR) is 66.2 cm³/mol. The molecule has 0 unspecified atom stereocenters. The second kappa shape index (κ2) is 6.13. The molecule has 14 heavy (non-hydrogen) atoms. The Hall–Kier alpha value is 0.460. The van der Waals surface area contributed by atoms with Gasteiger partial charge in [0.05, 0.1) is 11.6 Å². The Bertz CT molecular complexity index is 290. The number of fused-ring (bicyclic) bond motifs is 1. The second-order valence-electron chi connectivity index (χ2n) is 3.10. The molecule has 1 aliphatic rings. The van der Waals surface area contributed by atoms with Gasteiger partial charge >= 0.3 is 0 Å². The summed E-state index contributed by atoms with van der Waals surface area (Å²) < 4.78 is 0. The minimum absolute atomic E-state index is 0. The first kappa shape index (κ1) is 14.5. The van der Waals surface area contributed by atoms with Crippen LogP contribution >= 0.6 is 47.8 Å². The molecule has 0 N–H and O–H groups in total. The van der Waals surface area contributed by atoms with Crippen LogP contribution < -0.4 is 0 Å². The monoisotopic (exact) mass is 274 g/mol. The standard InChI is InChI=1S/C8H11ClN2S.2ClH/c1-11-3-2-6-7(5-11)12-8(4-9)10-6;;/h2-5H2,1H3;2*1H. The van der Waals surface area contributed by atoms with E-state index in [-0.39, 0.29) is 24.8 Å². The molecule has 1 aliphatic heterocycles. The number of likely N-dealkylation sites (N-methyl/N-ethyl adjacent to an activating group) is 1. The van der Waals surface area contributed by atoms with Crippen molar-refractivity contribution in [2.45, 2.75) is 18.8 Å². The number of alkyl halides is 1. The third kappa shape index (κ3) is 2.97. The van der Waals surface area contributed by atoms with Crippen LogP contribution in [-0.4, -0.2) is 23.5 Å². The van der Waals surface area contributed by atoms with E-state index in [0.717, 1.165) is 24.5 Å². The number of thiazole rings is 1. The molecule has 1 aromatic rings. The Balaban J connectivity index is 0.000000845. The fourth-order valence-electron chi connectivity index (χ4n) is 1.43. The third-order valence-electron chi connectivity index (χ3n) is 2.08. The van der Waals surface area contributed by atoms with E-state index in [1.165, 1.54) is 10.6 Å². The van der Waals surface area contributed by atoms with Gasteiger partial charge in [-0.25, -0.2) is 4.98 Å². The highest BCUT2D eigenvalue weighted by atomic mass is 35.5. The highest BCUT2D eigenvalue weighted by Gasteiger charge is 2.17. The average Bonchev–Trinajstić information content (AvgIpc) is 2.46. The zero-order valence-electron chi connectivity index (χ0n) is 7.83. The summed E-state index contributed by atoms with van der Waals surface area (Å²) in [6.45, 7) is 2.17. The number of aromatic nitrogens is 1. The van der Waals surface area contributed by atoms with Crippen molar-refractivity contribution >= 4 is 47.8 Å². The maximum Gasteiger partial charge on any atom is 0.108 e. The number of nitrogens with zero attached hydrogens (tertiary/aromatic N) is 2. The maximum atomic E-state index is 5.72. The highest BCUT2D eigenvalue weighted by Crippen LogP contribution is 2.24. The van der Waals surface area contributed by atoms with Crippen LogP contribution in [0.5, 0.6) is 0 Å². The lowest BCUT2D eigenvalue weighted by Gasteiger charge is -2.20. The van der Waals surface area contributed by atoms with E-state index >= 15 is 0 Å². The summed E-state index contributed by atoms with van der Waals surface area (Å²) in [5, 5.41) is 1.07. The molecule has 0 radical (unpaired) electrons. The zero-order chi connectivity index (χ0) is 8.55. The minimum Gasteiger partial charge on any atom is -0.301 e. The molecule has 0 amide bonds. The zero-order valence-corrected chi connectivity index (χ0v) is 11.0. The first-order valence-corrected chi connectivity index (χ1v) is 5.36. The van der Waals surface area contributed by atoms with Gasteiger partial charge in [0.15, 0.2) is 0 Å². The topological polar surface area (TPSA) is 16.1 Å². The molecule has 0 fully saturated rings. The lowest BCUT2D eigenvalue weighted by Crippen LogP contribution is -2.25. The van der Waals surface area contributed by atoms with Gasteiger partial charge in [0, 0.05) is 24.4 Å². The highest BCUT2D eigenvalue weighted by molar-refractivity contribution is 7.11. The Kier molecular flexibility index (Phi) is 6.33. The summed E-state index contributed by atoms with van der Waals surface area (Å²) in [4.78, 5) is 8.18. The Labute approximate surface area is 105 Å². The Morgan fingerprint density at radius 3 is 2.86 bits per heavy atom. The molecule has 0 saturated carbocycles. The molecule has 0 saturated heterocycles. The molecule has 0 bridgehead atoms. The lowest BCUT2D eigenvalue weighted by atomic mass is 10.2. The quantitative estimate of drug-likeness (QED) is 0.733. The van der Waals surface area contributed by atoms with Crippen molar-refractivity contribution in [1.29, 1.82) is 0 Å². The van der Waals surface area contributed by atoms with Crippen LogP contribution in [0, 0.1) is 0 Å². The van der Waals surface area contributed by atoms with Crippen molar-refractivity contribution in [3.05, 3.63) is 15.6 Å². The molecule has 2 nitrogen and oxygen atoms in total. The molecule has 0 aromatic carbocycles. The second-order valence-corrected chi connectivity index (χ2v) is 4.53. The lowest BCUT2D eigenvalue weighted by molar-refractivity contribution is 0.314. The number of rotatable bonds is 1. The van der Waals surface area contributed by atoms with Crippen molar-refractivity contribution in [3.63, 3.8) is 0 Å². The Morgan fingerprint density at radius 2 is 2.21 bits per heavy atom. The van der Waals surface area contributed by atoms with Gasteiger partial charge < -0.3 is 4.90 Å². The summed E-state index contributed by atoms with van der Waals surface area (Å²) >= 11 is 7.47. The molecule has 2 heterocycles. The van der Waals surface area contributed by atoms with Crippen LogP contribution in [-0.2, 0) is 18.8 Å². The van der Waals surface area contributed by atoms with Gasteiger partial charge in [-0.05, 0) is 7.05 Å². The molecule has 0 spiro atoms. The van der Waals surface area contributed by atoms with Crippen molar-refractivity contribution < 1.29 is 0 Å². The average molecular weight is 276 g/mol. The van der Waals surface area contributed by atoms with Gasteiger partial charge in [0.25, 0.3) is 0 Å². The smallest absolute Gasteiger partial charge is 0.108 e. The van der Waals surface area contributed by atoms with Gasteiger partial charge in [-0.2, -0.15) is 0 Å². The van der Waals surface area contributed by atoms with E-state index < -0.39 is 0 Å². The van der Waals surface area contributed by atoms with Crippen LogP contribution in [0.15, 0.2) is 0 Å². The first-order chi connectivity index (χ1) is 5.79. The Morgan fingerprint density at radius 1 is 1.50 bits per heavy atom. The molecule has 1 aromatic heterocycles. The number of halogens is 3. The largest absolute Gasteiger partial charge is 0.301 e. The van der Waals surface area contributed by atoms with E-state index in [1.54, 1.807) is 11.3 Å². The van der Waals surface area contributed by atoms with Crippen molar-refractivity contribution in [2.75, 3.05) is 13.6 Å². The van der Waals surface area contributed by atoms with Gasteiger partial charge in [0.1, 0.15) is 5.01 Å². The molecule has 2 rings (SSSR count). The molecule has 0 atom stereocenters. The number of hydrogen-bond donors (Lipinski definition) is 0. The van der Waals surface area contributed by atoms with Crippen LogP contribution in [0.25, 0.3) is 0 Å².